The number of aromatic hydroxyl groups is 1. The van der Waals surface area contributed by atoms with Crippen LogP contribution in [0.5, 0.6) is 5.75 Å². The molecule has 1 saturated carbocycles. The Morgan fingerprint density at radius 3 is 2.50 bits per heavy atom. The highest BCUT2D eigenvalue weighted by Crippen LogP contribution is 2.45. The summed E-state index contributed by atoms with van der Waals surface area (Å²) in [6, 6.07) is 6.39. The number of rotatable bonds is 5. The summed E-state index contributed by atoms with van der Waals surface area (Å²) in [4.78, 5) is 18.4. The Hall–Kier alpha value is -2.38. The van der Waals surface area contributed by atoms with Crippen molar-refractivity contribution in [2.24, 2.45) is 11.8 Å². The zero-order valence-corrected chi connectivity index (χ0v) is 15.3. The van der Waals surface area contributed by atoms with Crippen LogP contribution in [0.25, 0.3) is 0 Å². The number of benzene rings is 1. The van der Waals surface area contributed by atoms with Crippen LogP contribution in [0.15, 0.2) is 36.5 Å². The van der Waals surface area contributed by atoms with E-state index in [1.807, 2.05) is 0 Å². The number of likely N-dealkylation sites (tertiary alicyclic amines) is 1. The van der Waals surface area contributed by atoms with E-state index in [-0.39, 0.29) is 36.3 Å². The monoisotopic (exact) mass is 388 g/mol. The summed E-state index contributed by atoms with van der Waals surface area (Å²) in [5, 5.41) is 20.2. The summed E-state index contributed by atoms with van der Waals surface area (Å²) < 4.78 is 27.0. The maximum atomic E-state index is 13.9. The van der Waals surface area contributed by atoms with Gasteiger partial charge in [0, 0.05) is 25.6 Å². The van der Waals surface area contributed by atoms with Crippen LogP contribution in [0, 0.1) is 23.5 Å². The largest absolute Gasteiger partial charge is 0.506 e. The van der Waals surface area contributed by atoms with E-state index >= 15 is 0 Å². The molecule has 2 aromatic rings. The molecule has 1 saturated heterocycles. The van der Waals surface area contributed by atoms with Gasteiger partial charge >= 0.3 is 0 Å². The van der Waals surface area contributed by atoms with Gasteiger partial charge in [-0.25, -0.2) is 13.8 Å². The van der Waals surface area contributed by atoms with Crippen LogP contribution in [-0.4, -0.2) is 51.1 Å². The first-order valence-electron chi connectivity index (χ1n) is 9.38. The Labute approximate surface area is 161 Å². The van der Waals surface area contributed by atoms with E-state index in [0.29, 0.717) is 37.2 Å². The van der Waals surface area contributed by atoms with Crippen LogP contribution < -0.4 is 0 Å². The minimum atomic E-state index is -0.997. The number of hydrogen-bond donors (Lipinski definition) is 2. The summed E-state index contributed by atoms with van der Waals surface area (Å²) in [7, 11) is 0. The third-order valence-corrected chi connectivity index (χ3v) is 5.87. The zero-order valence-electron chi connectivity index (χ0n) is 15.3. The van der Waals surface area contributed by atoms with E-state index in [2.05, 4.69) is 9.88 Å². The summed E-state index contributed by atoms with van der Waals surface area (Å²) in [5.74, 6) is -0.852. The predicted molar refractivity (Wildman–Crippen MR) is 97.9 cm³/mol. The molecule has 28 heavy (non-hydrogen) atoms. The van der Waals surface area contributed by atoms with Gasteiger partial charge in [-0.05, 0) is 48.4 Å². The number of hydrogen-bond acceptors (Lipinski definition) is 5. The number of aliphatic hydroxyl groups is 1. The van der Waals surface area contributed by atoms with Gasteiger partial charge in [-0.15, -0.1) is 0 Å². The van der Waals surface area contributed by atoms with Crippen molar-refractivity contribution in [3.63, 3.8) is 0 Å². The molecule has 0 radical (unpaired) electrons. The van der Waals surface area contributed by atoms with Gasteiger partial charge in [-0.1, -0.05) is 6.07 Å². The number of carbonyl (C=O) groups excluding carboxylic acids is 1. The lowest BCUT2D eigenvalue weighted by molar-refractivity contribution is 0.0347. The van der Waals surface area contributed by atoms with Gasteiger partial charge in [-0.2, -0.15) is 0 Å². The van der Waals surface area contributed by atoms with Crippen molar-refractivity contribution in [1.29, 1.82) is 0 Å². The van der Waals surface area contributed by atoms with Crippen molar-refractivity contribution in [1.82, 2.24) is 9.88 Å². The van der Waals surface area contributed by atoms with Crippen LogP contribution >= 0.6 is 0 Å². The molecule has 1 unspecified atom stereocenters. The van der Waals surface area contributed by atoms with Gasteiger partial charge < -0.3 is 10.2 Å². The topological polar surface area (TPSA) is 73.7 Å². The molecule has 2 aliphatic rings. The Morgan fingerprint density at radius 2 is 1.89 bits per heavy atom. The molecule has 4 rings (SSSR count). The molecule has 7 heteroatoms. The van der Waals surface area contributed by atoms with Crippen LogP contribution in [0.3, 0.4) is 0 Å². The average molecular weight is 388 g/mol. The van der Waals surface area contributed by atoms with Crippen molar-refractivity contribution in [3.05, 3.63) is 59.4 Å². The minimum absolute atomic E-state index is 0.0177. The van der Waals surface area contributed by atoms with Crippen LogP contribution in [0.4, 0.5) is 8.78 Å². The lowest BCUT2D eigenvalue weighted by Crippen LogP contribution is -2.34. The third-order valence-electron chi connectivity index (χ3n) is 5.87. The molecule has 148 valence electrons. The Morgan fingerprint density at radius 1 is 1.18 bits per heavy atom. The van der Waals surface area contributed by atoms with E-state index in [1.165, 1.54) is 30.5 Å². The van der Waals surface area contributed by atoms with Crippen molar-refractivity contribution >= 4 is 5.78 Å². The van der Waals surface area contributed by atoms with Crippen molar-refractivity contribution in [2.45, 2.75) is 24.9 Å². The number of halogens is 2. The minimum Gasteiger partial charge on any atom is -0.506 e. The highest BCUT2D eigenvalue weighted by molar-refractivity contribution is 5.95. The smallest absolute Gasteiger partial charge is 0.195 e. The molecule has 0 bridgehead atoms. The van der Waals surface area contributed by atoms with Gasteiger partial charge in [0.1, 0.15) is 23.1 Å². The normalized spacial score (nSPS) is 27.1. The Bertz CT molecular complexity index is 874. The van der Waals surface area contributed by atoms with Crippen molar-refractivity contribution in [3.8, 4) is 5.75 Å². The number of Topliss-reactive ketones (excluding diaryl/α,β-unsaturated/α-hetero) is 1. The fraction of sp³-hybridized carbons (Fsp3) is 0.429. The second-order valence-corrected chi connectivity index (χ2v) is 8.08. The number of fused-ring (bicyclic) bond motifs is 1. The zero-order chi connectivity index (χ0) is 19.9. The van der Waals surface area contributed by atoms with E-state index in [9.17, 15) is 23.8 Å². The molecule has 1 aliphatic heterocycles. The highest BCUT2D eigenvalue weighted by Gasteiger charge is 2.48. The fourth-order valence-corrected chi connectivity index (χ4v) is 4.69. The quantitative estimate of drug-likeness (QED) is 0.771. The van der Waals surface area contributed by atoms with E-state index in [0.717, 1.165) is 6.07 Å². The van der Waals surface area contributed by atoms with E-state index < -0.39 is 17.2 Å². The molecule has 0 spiro atoms. The van der Waals surface area contributed by atoms with Crippen LogP contribution in [0.2, 0.25) is 0 Å². The Kier molecular flexibility index (Phi) is 4.89. The summed E-state index contributed by atoms with van der Waals surface area (Å²) >= 11 is 0. The number of pyridine rings is 1. The molecule has 2 fully saturated rings. The molecular formula is C21H22F2N2O3. The maximum Gasteiger partial charge on any atom is 0.195 e. The van der Waals surface area contributed by atoms with Gasteiger partial charge in [0.2, 0.25) is 0 Å². The lowest BCUT2D eigenvalue weighted by Gasteiger charge is -2.26. The molecule has 1 aliphatic carbocycles. The molecule has 2 heterocycles. The standard InChI is InChI=1S/C21H22F2N2O3/c22-16-2-1-13(18(23)5-16)6-21(28)7-14-10-25(11-15(14)8-21)12-20(27)19-4-3-17(26)9-24-19/h1-5,9,14-15,26,28H,6-8,10-12H2/t14-,15+,21?. The van der Waals surface area contributed by atoms with Gasteiger partial charge in [0.05, 0.1) is 18.3 Å². The number of carbonyl (C=O) groups is 1. The number of nitrogens with zero attached hydrogens (tertiary/aromatic N) is 2. The summed E-state index contributed by atoms with van der Waals surface area (Å²) in [5.41, 5.74) is -0.352. The van der Waals surface area contributed by atoms with Crippen LogP contribution in [0.1, 0.15) is 28.9 Å². The summed E-state index contributed by atoms with van der Waals surface area (Å²) in [6.45, 7) is 1.64. The molecule has 1 aromatic carbocycles. The third kappa shape index (κ3) is 3.91. The molecule has 0 amide bonds. The first-order chi connectivity index (χ1) is 13.3. The Balaban J connectivity index is 1.35. The van der Waals surface area contributed by atoms with E-state index in [1.54, 1.807) is 0 Å². The van der Waals surface area contributed by atoms with E-state index in [4.69, 9.17) is 0 Å². The second kappa shape index (κ2) is 7.22. The van der Waals surface area contributed by atoms with Crippen LogP contribution in [-0.2, 0) is 6.42 Å². The highest BCUT2D eigenvalue weighted by atomic mass is 19.1. The molecule has 2 N–H and O–H groups in total. The fourth-order valence-electron chi connectivity index (χ4n) is 4.69. The van der Waals surface area contributed by atoms with Crippen molar-refractivity contribution < 1.29 is 23.8 Å². The predicted octanol–water partition coefficient (Wildman–Crippen LogP) is 2.56. The molecule has 5 nitrogen and oxygen atoms in total. The number of ketones is 1. The number of aromatic nitrogens is 1. The average Bonchev–Trinajstić information content (AvgIpc) is 3.12. The lowest BCUT2D eigenvalue weighted by atomic mass is 9.91. The first kappa shape index (κ1) is 19.0. The van der Waals surface area contributed by atoms with Crippen molar-refractivity contribution in [2.75, 3.05) is 19.6 Å². The first-order valence-corrected chi connectivity index (χ1v) is 9.38. The molecular weight excluding hydrogens is 366 g/mol. The molecule has 1 aromatic heterocycles. The van der Waals surface area contributed by atoms with Gasteiger partial charge in [-0.3, -0.25) is 9.69 Å². The van der Waals surface area contributed by atoms with Gasteiger partial charge in [0.25, 0.3) is 0 Å². The second-order valence-electron chi connectivity index (χ2n) is 8.08. The van der Waals surface area contributed by atoms with Gasteiger partial charge in [0.15, 0.2) is 5.78 Å². The maximum absolute atomic E-state index is 13.9. The SMILES string of the molecule is O=C(CN1C[C@@H]2CC(O)(Cc3ccc(F)cc3F)C[C@@H]2C1)c1ccc(O)cn1. The molecule has 3 atom stereocenters. The summed E-state index contributed by atoms with van der Waals surface area (Å²) in [6.07, 6.45) is 2.50.